The Kier molecular flexibility index (Phi) is 3.55. The van der Waals surface area contributed by atoms with Gasteiger partial charge in [0.25, 0.3) is 5.91 Å². The topological polar surface area (TPSA) is 55.8 Å². The third-order valence-electron chi connectivity index (χ3n) is 3.34. The Bertz CT molecular complexity index is 590. The van der Waals surface area contributed by atoms with Crippen LogP contribution >= 0.6 is 23.5 Å². The molecule has 0 N–H and O–H groups in total. The summed E-state index contributed by atoms with van der Waals surface area (Å²) >= 11 is 2.71. The zero-order valence-electron chi connectivity index (χ0n) is 11.0. The first-order chi connectivity index (χ1) is 9.65. The van der Waals surface area contributed by atoms with E-state index in [0.717, 1.165) is 11.8 Å². The number of hydrogen-bond donors (Lipinski definition) is 0. The van der Waals surface area contributed by atoms with Gasteiger partial charge in [-0.2, -0.15) is 0 Å². The number of ether oxygens (including phenoxy) is 2. The molecule has 7 heteroatoms. The van der Waals surface area contributed by atoms with Crippen LogP contribution in [0.5, 0.6) is 11.5 Å². The standard InChI is InChI=1S/C13H13NO4S2/c1-17-9-3-7-11(4-10(9)18-2)20-13(16)8-5-19-6-14(8)12(7)15/h3-4,8H,5-6H2,1-2H3/t8-/m0/s1. The number of nitrogens with zero attached hydrogens (tertiary/aromatic N) is 1. The fraction of sp³-hybridized carbons (Fsp3) is 0.385. The molecule has 1 saturated heterocycles. The Morgan fingerprint density at radius 1 is 1.20 bits per heavy atom. The first kappa shape index (κ1) is 13.6. The summed E-state index contributed by atoms with van der Waals surface area (Å²) in [5.41, 5.74) is 0.506. The molecule has 0 bridgehead atoms. The quantitative estimate of drug-likeness (QED) is 0.831. The average molecular weight is 311 g/mol. The smallest absolute Gasteiger partial charge is 0.256 e. The van der Waals surface area contributed by atoms with E-state index in [4.69, 9.17) is 9.47 Å². The minimum Gasteiger partial charge on any atom is -0.493 e. The SMILES string of the molecule is COc1cc2c(cc1OC)C(=O)N1CSC[C@H]1C(=O)S2. The van der Waals surface area contributed by atoms with Crippen molar-refractivity contribution in [3.63, 3.8) is 0 Å². The monoisotopic (exact) mass is 311 g/mol. The van der Waals surface area contributed by atoms with Crippen molar-refractivity contribution in [3.05, 3.63) is 17.7 Å². The first-order valence-electron chi connectivity index (χ1n) is 6.02. The highest BCUT2D eigenvalue weighted by molar-refractivity contribution is 8.14. The maximum atomic E-state index is 12.6. The summed E-state index contributed by atoms with van der Waals surface area (Å²) in [7, 11) is 3.06. The van der Waals surface area contributed by atoms with Crippen LogP contribution in [0.3, 0.4) is 0 Å². The summed E-state index contributed by atoms with van der Waals surface area (Å²) in [6, 6.07) is 3.02. The number of fused-ring (bicyclic) bond motifs is 2. The van der Waals surface area contributed by atoms with Crippen molar-refractivity contribution in [2.75, 3.05) is 25.8 Å². The zero-order chi connectivity index (χ0) is 14.3. The normalized spacial score (nSPS) is 21.3. The lowest BCUT2D eigenvalue weighted by Crippen LogP contribution is -2.39. The molecule has 0 aliphatic carbocycles. The molecule has 1 atom stereocenters. The second-order valence-corrected chi connectivity index (χ2v) is 6.46. The number of benzene rings is 1. The molecule has 1 aromatic carbocycles. The second kappa shape index (κ2) is 5.21. The highest BCUT2D eigenvalue weighted by Crippen LogP contribution is 2.41. The van der Waals surface area contributed by atoms with Gasteiger partial charge in [0.1, 0.15) is 6.04 Å². The Labute approximate surface area is 125 Å². The van der Waals surface area contributed by atoms with Gasteiger partial charge in [-0.3, -0.25) is 9.59 Å². The van der Waals surface area contributed by atoms with Gasteiger partial charge in [-0.25, -0.2) is 0 Å². The maximum Gasteiger partial charge on any atom is 0.256 e. The highest BCUT2D eigenvalue weighted by atomic mass is 32.2. The molecule has 0 saturated carbocycles. The third-order valence-corrected chi connectivity index (χ3v) is 5.39. The van der Waals surface area contributed by atoms with Crippen LogP contribution in [0.15, 0.2) is 17.0 Å². The van der Waals surface area contributed by atoms with Gasteiger partial charge in [-0.15, -0.1) is 11.8 Å². The van der Waals surface area contributed by atoms with Crippen molar-refractivity contribution in [3.8, 4) is 11.5 Å². The van der Waals surface area contributed by atoms with Crippen molar-refractivity contribution in [2.45, 2.75) is 10.9 Å². The number of carbonyl (C=O) groups is 2. The molecule has 0 unspecified atom stereocenters. The number of methoxy groups -OCH3 is 2. The van der Waals surface area contributed by atoms with E-state index in [1.54, 1.807) is 28.8 Å². The van der Waals surface area contributed by atoms with E-state index in [0.29, 0.717) is 33.6 Å². The molecule has 1 aromatic rings. The first-order valence-corrected chi connectivity index (χ1v) is 7.99. The lowest BCUT2D eigenvalue weighted by molar-refractivity contribution is -0.113. The number of amides is 1. The van der Waals surface area contributed by atoms with E-state index < -0.39 is 0 Å². The molecule has 2 heterocycles. The van der Waals surface area contributed by atoms with Gasteiger partial charge >= 0.3 is 0 Å². The van der Waals surface area contributed by atoms with Crippen molar-refractivity contribution in [2.24, 2.45) is 0 Å². The fourth-order valence-electron chi connectivity index (χ4n) is 2.28. The molecule has 1 amide bonds. The molecule has 106 valence electrons. The molecule has 20 heavy (non-hydrogen) atoms. The summed E-state index contributed by atoms with van der Waals surface area (Å²) in [6.45, 7) is 0. The molecule has 1 fully saturated rings. The Morgan fingerprint density at radius 2 is 1.90 bits per heavy atom. The van der Waals surface area contributed by atoms with E-state index >= 15 is 0 Å². The van der Waals surface area contributed by atoms with Gasteiger partial charge in [0.05, 0.1) is 25.7 Å². The van der Waals surface area contributed by atoms with Crippen LogP contribution in [0.2, 0.25) is 0 Å². The molecular weight excluding hydrogens is 298 g/mol. The van der Waals surface area contributed by atoms with E-state index in [1.165, 1.54) is 14.2 Å². The Balaban J connectivity index is 2.12. The van der Waals surface area contributed by atoms with Crippen molar-refractivity contribution < 1.29 is 19.1 Å². The van der Waals surface area contributed by atoms with Crippen LogP contribution in [0, 0.1) is 0 Å². The lowest BCUT2D eigenvalue weighted by atomic mass is 10.1. The Hall–Kier alpha value is -1.34. The van der Waals surface area contributed by atoms with E-state index in [9.17, 15) is 9.59 Å². The van der Waals surface area contributed by atoms with Gasteiger partial charge in [0.15, 0.2) is 11.5 Å². The minimum absolute atomic E-state index is 0.00863. The van der Waals surface area contributed by atoms with Crippen LogP contribution in [0.1, 0.15) is 10.4 Å². The fourth-order valence-corrected chi connectivity index (χ4v) is 4.53. The molecule has 0 spiro atoms. The Morgan fingerprint density at radius 3 is 2.60 bits per heavy atom. The summed E-state index contributed by atoms with van der Waals surface area (Å²) in [6.07, 6.45) is 0. The van der Waals surface area contributed by atoms with Crippen LogP contribution in [-0.4, -0.2) is 47.8 Å². The van der Waals surface area contributed by atoms with E-state index in [2.05, 4.69) is 0 Å². The van der Waals surface area contributed by atoms with Crippen LogP contribution in [-0.2, 0) is 4.79 Å². The van der Waals surface area contributed by atoms with Gasteiger partial charge in [0, 0.05) is 10.6 Å². The van der Waals surface area contributed by atoms with Crippen LogP contribution in [0.4, 0.5) is 0 Å². The molecule has 0 aromatic heterocycles. The molecular formula is C13H13NO4S2. The number of rotatable bonds is 2. The summed E-state index contributed by atoms with van der Waals surface area (Å²) in [5, 5.41) is 0.00863. The van der Waals surface area contributed by atoms with Crippen LogP contribution < -0.4 is 9.47 Å². The molecule has 0 radical (unpaired) electrons. The second-order valence-electron chi connectivity index (χ2n) is 4.42. The molecule has 5 nitrogen and oxygen atoms in total. The van der Waals surface area contributed by atoms with Gasteiger partial charge in [-0.05, 0) is 23.9 Å². The number of hydrogen-bond acceptors (Lipinski definition) is 6. The summed E-state index contributed by atoms with van der Waals surface area (Å²) in [5.74, 6) is 2.13. The minimum atomic E-state index is -0.332. The number of thioether (sulfide) groups is 2. The summed E-state index contributed by atoms with van der Waals surface area (Å²) in [4.78, 5) is 27.1. The molecule has 2 aliphatic heterocycles. The predicted octanol–water partition coefficient (Wildman–Crippen LogP) is 1.85. The molecule has 3 rings (SSSR count). The predicted molar refractivity (Wildman–Crippen MR) is 77.7 cm³/mol. The van der Waals surface area contributed by atoms with E-state index in [1.807, 2.05) is 0 Å². The average Bonchev–Trinajstić information content (AvgIpc) is 2.92. The van der Waals surface area contributed by atoms with Crippen molar-refractivity contribution in [1.82, 2.24) is 4.90 Å². The largest absolute Gasteiger partial charge is 0.493 e. The number of carbonyl (C=O) groups excluding carboxylic acids is 2. The van der Waals surface area contributed by atoms with E-state index in [-0.39, 0.29) is 17.1 Å². The summed E-state index contributed by atoms with van der Waals surface area (Å²) < 4.78 is 10.5. The van der Waals surface area contributed by atoms with Crippen molar-refractivity contribution in [1.29, 1.82) is 0 Å². The highest BCUT2D eigenvalue weighted by Gasteiger charge is 2.39. The zero-order valence-corrected chi connectivity index (χ0v) is 12.7. The van der Waals surface area contributed by atoms with Gasteiger partial charge < -0.3 is 14.4 Å². The van der Waals surface area contributed by atoms with Crippen LogP contribution in [0.25, 0.3) is 0 Å². The lowest BCUT2D eigenvalue weighted by Gasteiger charge is -2.19. The maximum absolute atomic E-state index is 12.6. The van der Waals surface area contributed by atoms with Gasteiger partial charge in [0.2, 0.25) is 5.12 Å². The van der Waals surface area contributed by atoms with Crippen molar-refractivity contribution >= 4 is 34.5 Å². The van der Waals surface area contributed by atoms with Gasteiger partial charge in [-0.1, -0.05) is 0 Å². The molecule has 2 aliphatic rings. The third kappa shape index (κ3) is 2.05.